The molecule has 5 rings (SSSR count). The molecule has 0 bridgehead atoms. The molecule has 0 atom stereocenters. The van der Waals surface area contributed by atoms with Crippen LogP contribution in [-0.2, 0) is 0 Å². The van der Waals surface area contributed by atoms with Gasteiger partial charge >= 0.3 is 0 Å². The Labute approximate surface area is 207 Å². The van der Waals surface area contributed by atoms with Gasteiger partial charge in [0.05, 0.1) is 41.8 Å². The van der Waals surface area contributed by atoms with Crippen LogP contribution in [0.4, 0.5) is 11.5 Å². The Morgan fingerprint density at radius 2 is 1.80 bits per heavy atom. The molecule has 5 aromatic rings. The third kappa shape index (κ3) is 4.52. The number of hydrogen-bond donors (Lipinski definition) is 2. The molecule has 2 N–H and O–H groups in total. The Morgan fingerprint density at radius 3 is 2.57 bits per heavy atom. The van der Waals surface area contributed by atoms with Gasteiger partial charge in [-0.25, -0.2) is 15.0 Å². The summed E-state index contributed by atoms with van der Waals surface area (Å²) in [6.45, 7) is 3.99. The van der Waals surface area contributed by atoms with E-state index in [0.29, 0.717) is 33.7 Å². The summed E-state index contributed by atoms with van der Waals surface area (Å²) in [5, 5.41) is 4.71. The molecule has 0 saturated heterocycles. The predicted molar refractivity (Wildman–Crippen MR) is 138 cm³/mol. The van der Waals surface area contributed by atoms with Gasteiger partial charge in [0, 0.05) is 23.4 Å². The number of ether oxygens (including phenoxy) is 3. The molecule has 2 aromatic heterocycles. The van der Waals surface area contributed by atoms with Crippen molar-refractivity contribution in [2.45, 2.75) is 20.0 Å². The molecule has 0 radical (unpaired) electrons. The van der Waals surface area contributed by atoms with Crippen LogP contribution in [0.5, 0.6) is 17.2 Å². The molecule has 0 spiro atoms. The Hall–Kier alpha value is -4.04. The maximum Gasteiger partial charge on any atom is 0.148 e. The van der Waals surface area contributed by atoms with Crippen molar-refractivity contribution in [1.29, 1.82) is 0 Å². The van der Waals surface area contributed by atoms with Gasteiger partial charge in [0.2, 0.25) is 0 Å². The molecular formula is C26H24ClN5O3. The number of fused-ring (bicyclic) bond motifs is 2. The molecule has 0 amide bonds. The van der Waals surface area contributed by atoms with Gasteiger partial charge < -0.3 is 24.5 Å². The summed E-state index contributed by atoms with van der Waals surface area (Å²) >= 11 is 6.56. The van der Waals surface area contributed by atoms with E-state index >= 15 is 0 Å². The van der Waals surface area contributed by atoms with Crippen molar-refractivity contribution in [3.05, 3.63) is 59.9 Å². The van der Waals surface area contributed by atoms with Gasteiger partial charge in [0.25, 0.3) is 0 Å². The Balaban J connectivity index is 1.53. The number of halogens is 1. The summed E-state index contributed by atoms with van der Waals surface area (Å²) in [6.07, 6.45) is 1.58. The van der Waals surface area contributed by atoms with Crippen molar-refractivity contribution in [2.24, 2.45) is 0 Å². The molecule has 0 fully saturated rings. The average Bonchev–Trinajstić information content (AvgIpc) is 3.27. The fourth-order valence-electron chi connectivity index (χ4n) is 3.87. The van der Waals surface area contributed by atoms with E-state index in [1.54, 1.807) is 20.3 Å². The minimum atomic E-state index is 0.0878. The molecule has 9 heteroatoms. The SMILES string of the molecule is COc1cc(OC)c2ncnc(Nc3ccc(Cl)c(-c4nc5ccc(OC(C)C)cc5[nH]4)c3)c2c1. The van der Waals surface area contributed by atoms with E-state index < -0.39 is 0 Å². The lowest BCUT2D eigenvalue weighted by molar-refractivity contribution is 0.242. The highest BCUT2D eigenvalue weighted by atomic mass is 35.5. The number of methoxy groups -OCH3 is 2. The number of rotatable bonds is 7. The molecule has 35 heavy (non-hydrogen) atoms. The lowest BCUT2D eigenvalue weighted by Gasteiger charge is -2.13. The van der Waals surface area contributed by atoms with Crippen molar-refractivity contribution in [3.8, 4) is 28.6 Å². The minimum absolute atomic E-state index is 0.0878. The van der Waals surface area contributed by atoms with Crippen molar-refractivity contribution in [1.82, 2.24) is 19.9 Å². The van der Waals surface area contributed by atoms with Crippen LogP contribution in [0.3, 0.4) is 0 Å². The predicted octanol–water partition coefficient (Wildman–Crippen LogP) is 6.37. The average molecular weight is 490 g/mol. The van der Waals surface area contributed by atoms with Gasteiger partial charge in [-0.15, -0.1) is 0 Å². The number of imidazole rings is 1. The first-order valence-corrected chi connectivity index (χ1v) is 11.4. The Bertz CT molecular complexity index is 1530. The first-order valence-electron chi connectivity index (χ1n) is 11.0. The second kappa shape index (κ2) is 9.31. The molecular weight excluding hydrogens is 466 g/mol. The van der Waals surface area contributed by atoms with Gasteiger partial charge in [0.15, 0.2) is 0 Å². The van der Waals surface area contributed by atoms with E-state index in [9.17, 15) is 0 Å². The number of nitrogens with one attached hydrogen (secondary N) is 2. The number of benzene rings is 3. The number of anilines is 2. The zero-order valence-electron chi connectivity index (χ0n) is 19.7. The monoisotopic (exact) mass is 489 g/mol. The first-order chi connectivity index (χ1) is 16.9. The van der Waals surface area contributed by atoms with Gasteiger partial charge in [-0.05, 0) is 50.2 Å². The molecule has 2 heterocycles. The normalized spacial score (nSPS) is 11.3. The quantitative estimate of drug-likeness (QED) is 0.274. The van der Waals surface area contributed by atoms with Gasteiger partial charge in [-0.2, -0.15) is 0 Å². The molecule has 0 unspecified atom stereocenters. The highest BCUT2D eigenvalue weighted by Crippen LogP contribution is 2.36. The molecule has 8 nitrogen and oxygen atoms in total. The van der Waals surface area contributed by atoms with Crippen LogP contribution in [0, 0.1) is 0 Å². The van der Waals surface area contributed by atoms with Crippen LogP contribution in [-0.4, -0.2) is 40.3 Å². The van der Waals surface area contributed by atoms with Crippen LogP contribution in [0.15, 0.2) is 54.9 Å². The maximum absolute atomic E-state index is 6.56. The second-order valence-corrected chi connectivity index (χ2v) is 8.61. The van der Waals surface area contributed by atoms with Crippen LogP contribution in [0.1, 0.15) is 13.8 Å². The van der Waals surface area contributed by atoms with Gasteiger partial charge in [-0.3, -0.25) is 0 Å². The van der Waals surface area contributed by atoms with Crippen molar-refractivity contribution >= 4 is 45.0 Å². The number of H-pyrrole nitrogens is 1. The minimum Gasteiger partial charge on any atom is -0.497 e. The Morgan fingerprint density at radius 1 is 0.943 bits per heavy atom. The van der Waals surface area contributed by atoms with Crippen LogP contribution >= 0.6 is 11.6 Å². The van der Waals surface area contributed by atoms with Crippen molar-refractivity contribution in [3.63, 3.8) is 0 Å². The number of aromatic nitrogens is 4. The molecule has 178 valence electrons. The maximum atomic E-state index is 6.56. The van der Waals surface area contributed by atoms with Crippen LogP contribution < -0.4 is 19.5 Å². The summed E-state index contributed by atoms with van der Waals surface area (Å²) in [6, 6.07) is 15.1. The van der Waals surface area contributed by atoms with Crippen molar-refractivity contribution in [2.75, 3.05) is 19.5 Å². The highest BCUT2D eigenvalue weighted by molar-refractivity contribution is 6.33. The molecule has 0 aliphatic heterocycles. The standard InChI is InChI=1S/C26H24ClN5O3/c1-14(2)35-16-6-8-21-22(11-16)32-26(31-21)18-9-15(5-7-20(18)27)30-25-19-10-17(33-3)12-23(34-4)24(19)28-13-29-25/h5-14H,1-4H3,(H,31,32)(H,28,29,30). The number of aromatic amines is 1. The van der Waals surface area contributed by atoms with Gasteiger partial charge in [-0.1, -0.05) is 11.6 Å². The number of hydrogen-bond acceptors (Lipinski definition) is 7. The van der Waals surface area contributed by atoms with Crippen LogP contribution in [0.2, 0.25) is 5.02 Å². The highest BCUT2D eigenvalue weighted by Gasteiger charge is 2.14. The first kappa shape index (κ1) is 22.7. The smallest absolute Gasteiger partial charge is 0.148 e. The zero-order chi connectivity index (χ0) is 24.5. The largest absolute Gasteiger partial charge is 0.497 e. The van der Waals surface area contributed by atoms with E-state index in [1.165, 1.54) is 6.33 Å². The van der Waals surface area contributed by atoms with Crippen LogP contribution in [0.25, 0.3) is 33.3 Å². The fourth-order valence-corrected chi connectivity index (χ4v) is 4.07. The molecule has 0 saturated carbocycles. The van der Waals surface area contributed by atoms with E-state index in [2.05, 4.69) is 20.3 Å². The number of nitrogens with zero attached hydrogens (tertiary/aromatic N) is 3. The van der Waals surface area contributed by atoms with E-state index in [-0.39, 0.29) is 6.10 Å². The van der Waals surface area contributed by atoms with E-state index in [1.807, 2.05) is 56.3 Å². The summed E-state index contributed by atoms with van der Waals surface area (Å²) in [5.74, 6) is 3.30. The zero-order valence-corrected chi connectivity index (χ0v) is 20.5. The lowest BCUT2D eigenvalue weighted by atomic mass is 10.1. The van der Waals surface area contributed by atoms with E-state index in [4.69, 9.17) is 30.8 Å². The molecule has 0 aliphatic rings. The summed E-state index contributed by atoms with van der Waals surface area (Å²) < 4.78 is 16.7. The molecule has 0 aliphatic carbocycles. The lowest BCUT2D eigenvalue weighted by Crippen LogP contribution is -2.05. The molecule has 3 aromatic carbocycles. The third-order valence-electron chi connectivity index (χ3n) is 5.44. The Kier molecular flexibility index (Phi) is 6.05. The summed E-state index contributed by atoms with van der Waals surface area (Å²) in [4.78, 5) is 16.9. The third-order valence-corrected chi connectivity index (χ3v) is 5.77. The van der Waals surface area contributed by atoms with Gasteiger partial charge in [0.1, 0.15) is 40.7 Å². The second-order valence-electron chi connectivity index (χ2n) is 8.20. The summed E-state index contributed by atoms with van der Waals surface area (Å²) in [5.41, 5.74) is 3.92. The fraction of sp³-hybridized carbons (Fsp3) is 0.192. The topological polar surface area (TPSA) is 94.2 Å². The van der Waals surface area contributed by atoms with Crippen molar-refractivity contribution < 1.29 is 14.2 Å². The summed E-state index contributed by atoms with van der Waals surface area (Å²) in [7, 11) is 3.20. The van der Waals surface area contributed by atoms with E-state index in [0.717, 1.165) is 33.4 Å².